The van der Waals surface area contributed by atoms with Crippen molar-refractivity contribution in [1.29, 1.82) is 0 Å². The molecule has 1 heterocycles. The molecule has 2 atom stereocenters. The molecule has 1 N–H and O–H groups in total. The second-order valence-electron chi connectivity index (χ2n) is 3.68. The van der Waals surface area contributed by atoms with E-state index in [1.807, 2.05) is 6.92 Å². The normalized spacial score (nSPS) is 15.2. The molecule has 1 rings (SSSR count). The highest BCUT2D eigenvalue weighted by atomic mass is 16.5. The largest absolute Gasteiger partial charge is 0.387 e. The molecule has 5 nitrogen and oxygen atoms in total. The fourth-order valence-electron chi connectivity index (χ4n) is 1.44. The summed E-state index contributed by atoms with van der Waals surface area (Å²) in [4.78, 5) is 0. The minimum Gasteiger partial charge on any atom is -0.387 e. The Labute approximate surface area is 90.1 Å². The molecule has 5 heteroatoms. The van der Waals surface area contributed by atoms with Gasteiger partial charge in [0.1, 0.15) is 0 Å². The molecule has 0 aliphatic carbocycles. The summed E-state index contributed by atoms with van der Waals surface area (Å²) in [7, 11) is 1.64. The molecule has 0 amide bonds. The molecule has 0 bridgehead atoms. The number of rotatable bonds is 6. The predicted molar refractivity (Wildman–Crippen MR) is 56.4 cm³/mol. The molecule has 0 fully saturated rings. The second kappa shape index (κ2) is 5.82. The molecule has 0 spiro atoms. The van der Waals surface area contributed by atoms with Gasteiger partial charge in [-0.25, -0.2) is 4.68 Å². The molecule has 0 aliphatic rings. The number of nitrogens with zero attached hydrogens (tertiary/aromatic N) is 3. The maximum Gasteiger partial charge on any atom is 0.0997 e. The Morgan fingerprint density at radius 1 is 1.60 bits per heavy atom. The molecule has 1 aromatic heterocycles. The van der Waals surface area contributed by atoms with E-state index in [0.717, 1.165) is 18.7 Å². The highest BCUT2D eigenvalue weighted by molar-refractivity contribution is 4.99. The lowest BCUT2D eigenvalue weighted by Crippen LogP contribution is -2.15. The van der Waals surface area contributed by atoms with Crippen LogP contribution < -0.4 is 0 Å². The van der Waals surface area contributed by atoms with Gasteiger partial charge in [0.15, 0.2) is 0 Å². The summed E-state index contributed by atoms with van der Waals surface area (Å²) in [5.41, 5.74) is 0.765. The van der Waals surface area contributed by atoms with Gasteiger partial charge in [-0.3, -0.25) is 0 Å². The van der Waals surface area contributed by atoms with Crippen LogP contribution in [0.5, 0.6) is 0 Å². The van der Waals surface area contributed by atoms with Crippen LogP contribution in [0.3, 0.4) is 0 Å². The average Bonchev–Trinajstić information content (AvgIpc) is 2.66. The number of aryl methyl sites for hydroxylation is 1. The SMILES string of the molecule is CCCn1nncc1C(O)CC(C)OC. The number of hydrogen-bond donors (Lipinski definition) is 1. The number of hydrogen-bond acceptors (Lipinski definition) is 4. The van der Waals surface area contributed by atoms with Gasteiger partial charge in [-0.05, 0) is 13.3 Å². The zero-order chi connectivity index (χ0) is 11.3. The first-order chi connectivity index (χ1) is 7.19. The topological polar surface area (TPSA) is 60.2 Å². The minimum atomic E-state index is -0.554. The Morgan fingerprint density at radius 2 is 2.33 bits per heavy atom. The summed E-state index contributed by atoms with van der Waals surface area (Å²) < 4.78 is 6.85. The molecular formula is C10H19N3O2. The third kappa shape index (κ3) is 3.28. The Morgan fingerprint density at radius 3 is 2.93 bits per heavy atom. The molecule has 1 aromatic rings. The lowest BCUT2D eigenvalue weighted by molar-refractivity contribution is 0.0523. The summed E-state index contributed by atoms with van der Waals surface area (Å²) in [6.45, 7) is 4.78. The van der Waals surface area contributed by atoms with Crippen LogP contribution in [0.4, 0.5) is 0 Å². The summed E-state index contributed by atoms with van der Waals surface area (Å²) in [6, 6.07) is 0. The summed E-state index contributed by atoms with van der Waals surface area (Å²) in [5, 5.41) is 17.7. The summed E-state index contributed by atoms with van der Waals surface area (Å²) >= 11 is 0. The van der Waals surface area contributed by atoms with Crippen LogP contribution in [-0.4, -0.2) is 33.3 Å². The number of aromatic nitrogens is 3. The molecule has 0 saturated heterocycles. The second-order valence-corrected chi connectivity index (χ2v) is 3.68. The molecule has 0 aromatic carbocycles. The summed E-state index contributed by atoms with van der Waals surface area (Å²) in [6.07, 6.45) is 2.63. The molecule has 15 heavy (non-hydrogen) atoms. The van der Waals surface area contributed by atoms with Gasteiger partial charge in [-0.1, -0.05) is 12.1 Å². The molecule has 0 aliphatic heterocycles. The van der Waals surface area contributed by atoms with E-state index >= 15 is 0 Å². The van der Waals surface area contributed by atoms with Gasteiger partial charge in [0.05, 0.1) is 24.1 Å². The third-order valence-corrected chi connectivity index (χ3v) is 2.38. The zero-order valence-electron chi connectivity index (χ0n) is 9.55. The van der Waals surface area contributed by atoms with Gasteiger partial charge in [0, 0.05) is 20.1 Å². The Kier molecular flexibility index (Phi) is 4.71. The van der Waals surface area contributed by atoms with Crippen molar-refractivity contribution in [1.82, 2.24) is 15.0 Å². The van der Waals surface area contributed by atoms with E-state index in [-0.39, 0.29) is 6.10 Å². The van der Waals surface area contributed by atoms with Crippen molar-refractivity contribution in [3.8, 4) is 0 Å². The van der Waals surface area contributed by atoms with Crippen LogP contribution in [0.2, 0.25) is 0 Å². The predicted octanol–water partition coefficient (Wildman–Crippen LogP) is 1.15. The van der Waals surface area contributed by atoms with Crippen LogP contribution in [0.15, 0.2) is 6.20 Å². The highest BCUT2D eigenvalue weighted by Crippen LogP contribution is 2.18. The van der Waals surface area contributed by atoms with Crippen LogP contribution in [0.25, 0.3) is 0 Å². The molecule has 2 unspecified atom stereocenters. The molecule has 0 radical (unpaired) electrons. The summed E-state index contributed by atoms with van der Waals surface area (Å²) in [5.74, 6) is 0. The van der Waals surface area contributed by atoms with E-state index in [2.05, 4.69) is 17.2 Å². The van der Waals surface area contributed by atoms with E-state index in [0.29, 0.717) is 6.42 Å². The van der Waals surface area contributed by atoms with E-state index in [1.54, 1.807) is 18.0 Å². The standard InChI is InChI=1S/C10H19N3O2/c1-4-5-13-9(7-11-12-13)10(14)6-8(2)15-3/h7-8,10,14H,4-6H2,1-3H3. The first-order valence-electron chi connectivity index (χ1n) is 5.28. The van der Waals surface area contributed by atoms with Crippen molar-refractivity contribution in [3.63, 3.8) is 0 Å². The van der Waals surface area contributed by atoms with E-state index in [9.17, 15) is 5.11 Å². The maximum absolute atomic E-state index is 9.94. The minimum absolute atomic E-state index is 0.0324. The van der Waals surface area contributed by atoms with Crippen LogP contribution in [0, 0.1) is 0 Å². The Balaban J connectivity index is 2.63. The van der Waals surface area contributed by atoms with Crippen LogP contribution >= 0.6 is 0 Å². The van der Waals surface area contributed by atoms with Gasteiger partial charge in [0.2, 0.25) is 0 Å². The molecular weight excluding hydrogens is 194 g/mol. The van der Waals surface area contributed by atoms with Crippen molar-refractivity contribution in [2.45, 2.75) is 45.4 Å². The van der Waals surface area contributed by atoms with Gasteiger partial charge < -0.3 is 9.84 Å². The monoisotopic (exact) mass is 213 g/mol. The van der Waals surface area contributed by atoms with Crippen molar-refractivity contribution >= 4 is 0 Å². The highest BCUT2D eigenvalue weighted by Gasteiger charge is 2.16. The van der Waals surface area contributed by atoms with E-state index < -0.39 is 6.10 Å². The quantitative estimate of drug-likeness (QED) is 0.770. The van der Waals surface area contributed by atoms with Crippen molar-refractivity contribution < 1.29 is 9.84 Å². The fourth-order valence-corrected chi connectivity index (χ4v) is 1.44. The van der Waals surface area contributed by atoms with Crippen molar-refractivity contribution in [2.24, 2.45) is 0 Å². The Bertz CT molecular complexity index is 288. The van der Waals surface area contributed by atoms with Gasteiger partial charge in [0.25, 0.3) is 0 Å². The molecule has 86 valence electrons. The van der Waals surface area contributed by atoms with Gasteiger partial charge >= 0.3 is 0 Å². The maximum atomic E-state index is 9.94. The first kappa shape index (κ1) is 12.1. The fraction of sp³-hybridized carbons (Fsp3) is 0.800. The van der Waals surface area contributed by atoms with Crippen LogP contribution in [0.1, 0.15) is 38.5 Å². The van der Waals surface area contributed by atoms with E-state index in [1.165, 1.54) is 0 Å². The van der Waals surface area contributed by atoms with Gasteiger partial charge in [-0.2, -0.15) is 0 Å². The lowest BCUT2D eigenvalue weighted by Gasteiger charge is -2.15. The van der Waals surface area contributed by atoms with Crippen LogP contribution in [-0.2, 0) is 11.3 Å². The average molecular weight is 213 g/mol. The number of aliphatic hydroxyl groups is 1. The molecule has 0 saturated carbocycles. The number of methoxy groups -OCH3 is 1. The third-order valence-electron chi connectivity index (χ3n) is 2.38. The zero-order valence-corrected chi connectivity index (χ0v) is 9.55. The number of ether oxygens (including phenoxy) is 1. The van der Waals surface area contributed by atoms with Gasteiger partial charge in [-0.15, -0.1) is 5.10 Å². The van der Waals surface area contributed by atoms with E-state index in [4.69, 9.17) is 4.74 Å². The Hall–Kier alpha value is -0.940. The van der Waals surface area contributed by atoms with Crippen molar-refractivity contribution in [2.75, 3.05) is 7.11 Å². The smallest absolute Gasteiger partial charge is 0.0997 e. The number of aliphatic hydroxyl groups excluding tert-OH is 1. The lowest BCUT2D eigenvalue weighted by atomic mass is 10.1. The first-order valence-corrected chi connectivity index (χ1v) is 5.28. The van der Waals surface area contributed by atoms with Crippen molar-refractivity contribution in [3.05, 3.63) is 11.9 Å².